The van der Waals surface area contributed by atoms with E-state index in [1.807, 2.05) is 25.1 Å². The van der Waals surface area contributed by atoms with Crippen LogP contribution < -0.4 is 19.9 Å². The molecule has 0 aliphatic carbocycles. The third-order valence-electron chi connectivity index (χ3n) is 3.03. The quantitative estimate of drug-likeness (QED) is 0.902. The number of nitrogens with zero attached hydrogens (tertiary/aromatic N) is 3. The van der Waals surface area contributed by atoms with Gasteiger partial charge < -0.3 is 19.9 Å². The first-order valence-corrected chi connectivity index (χ1v) is 6.54. The lowest BCUT2D eigenvalue weighted by Crippen LogP contribution is -2.01. The van der Waals surface area contributed by atoms with Gasteiger partial charge in [0.1, 0.15) is 0 Å². The van der Waals surface area contributed by atoms with Crippen LogP contribution in [0.4, 0.5) is 5.95 Å². The number of nitrogen functional groups attached to an aromatic ring is 1. The molecule has 2 N–H and O–H groups in total. The molecule has 0 saturated carbocycles. The van der Waals surface area contributed by atoms with E-state index in [1.54, 1.807) is 27.4 Å². The van der Waals surface area contributed by atoms with Gasteiger partial charge in [-0.3, -0.25) is 0 Å². The van der Waals surface area contributed by atoms with Crippen LogP contribution in [0.15, 0.2) is 12.1 Å². The second-order valence-corrected chi connectivity index (χ2v) is 4.43. The molecule has 0 amide bonds. The van der Waals surface area contributed by atoms with Crippen molar-refractivity contribution in [1.29, 1.82) is 0 Å². The highest BCUT2D eigenvalue weighted by Gasteiger charge is 2.12. The van der Waals surface area contributed by atoms with E-state index in [9.17, 15) is 0 Å². The van der Waals surface area contributed by atoms with E-state index in [-0.39, 0.29) is 5.95 Å². The van der Waals surface area contributed by atoms with Crippen LogP contribution in [0.25, 0.3) is 12.2 Å². The van der Waals surface area contributed by atoms with Crippen LogP contribution in [0.2, 0.25) is 0 Å². The average Bonchev–Trinajstić information content (AvgIpc) is 2.54. The van der Waals surface area contributed by atoms with Crippen molar-refractivity contribution in [2.75, 3.05) is 27.1 Å². The summed E-state index contributed by atoms with van der Waals surface area (Å²) in [6.07, 6.45) is 3.67. The van der Waals surface area contributed by atoms with Crippen molar-refractivity contribution in [3.8, 4) is 17.2 Å². The fraction of sp³-hybridized carbons (Fsp3) is 0.267. The van der Waals surface area contributed by atoms with Crippen LogP contribution >= 0.6 is 0 Å². The molecule has 0 atom stereocenters. The van der Waals surface area contributed by atoms with E-state index in [0.717, 1.165) is 5.56 Å². The fourth-order valence-electron chi connectivity index (χ4n) is 1.93. The minimum Gasteiger partial charge on any atom is -0.493 e. The minimum atomic E-state index is 0.134. The highest BCUT2D eigenvalue weighted by molar-refractivity contribution is 5.72. The Bertz CT molecular complexity index is 676. The van der Waals surface area contributed by atoms with E-state index in [2.05, 4.69) is 15.2 Å². The van der Waals surface area contributed by atoms with Gasteiger partial charge in [0, 0.05) is 0 Å². The Balaban J connectivity index is 2.40. The summed E-state index contributed by atoms with van der Waals surface area (Å²) in [5, 5.41) is 7.63. The van der Waals surface area contributed by atoms with Crippen LogP contribution in [-0.4, -0.2) is 36.5 Å². The number of ether oxygens (including phenoxy) is 3. The molecule has 22 heavy (non-hydrogen) atoms. The summed E-state index contributed by atoms with van der Waals surface area (Å²) in [5.74, 6) is 1.85. The summed E-state index contributed by atoms with van der Waals surface area (Å²) in [7, 11) is 4.71. The highest BCUT2D eigenvalue weighted by atomic mass is 16.5. The molecule has 0 unspecified atom stereocenters. The van der Waals surface area contributed by atoms with Crippen molar-refractivity contribution in [2.45, 2.75) is 6.92 Å². The lowest BCUT2D eigenvalue weighted by molar-refractivity contribution is 0.324. The average molecular weight is 302 g/mol. The summed E-state index contributed by atoms with van der Waals surface area (Å²) < 4.78 is 15.9. The predicted molar refractivity (Wildman–Crippen MR) is 84.0 cm³/mol. The van der Waals surface area contributed by atoms with Crippen molar-refractivity contribution >= 4 is 18.1 Å². The van der Waals surface area contributed by atoms with Crippen molar-refractivity contribution < 1.29 is 14.2 Å². The topological polar surface area (TPSA) is 92.4 Å². The molecule has 2 rings (SSSR count). The lowest BCUT2D eigenvalue weighted by atomic mass is 10.1. The Labute approximate surface area is 128 Å². The number of benzene rings is 1. The number of rotatable bonds is 5. The summed E-state index contributed by atoms with van der Waals surface area (Å²) in [5.41, 5.74) is 7.76. The molecule has 116 valence electrons. The summed E-state index contributed by atoms with van der Waals surface area (Å²) in [4.78, 5) is 4.14. The molecule has 0 bridgehead atoms. The molecule has 1 heterocycles. The predicted octanol–water partition coefficient (Wildman–Crippen LogP) is 1.96. The second kappa shape index (κ2) is 6.75. The van der Waals surface area contributed by atoms with E-state index in [4.69, 9.17) is 19.9 Å². The van der Waals surface area contributed by atoms with Gasteiger partial charge in [-0.05, 0) is 30.7 Å². The molecule has 0 spiro atoms. The van der Waals surface area contributed by atoms with Crippen LogP contribution in [0, 0.1) is 6.92 Å². The second-order valence-electron chi connectivity index (χ2n) is 4.43. The third-order valence-corrected chi connectivity index (χ3v) is 3.03. The van der Waals surface area contributed by atoms with Gasteiger partial charge in [0.15, 0.2) is 11.5 Å². The number of hydrogen-bond donors (Lipinski definition) is 1. The number of methoxy groups -OCH3 is 3. The molecule has 0 fully saturated rings. The van der Waals surface area contributed by atoms with E-state index < -0.39 is 0 Å². The molecule has 7 heteroatoms. The SMILES string of the molecule is COc1cc(/C=C/c2nc(N)nnc2C)cc(OC)c1OC. The molecule has 1 aromatic carbocycles. The van der Waals surface area contributed by atoms with Gasteiger partial charge in [0.05, 0.1) is 32.7 Å². The molecule has 0 aliphatic rings. The van der Waals surface area contributed by atoms with Crippen molar-refractivity contribution in [2.24, 2.45) is 0 Å². The van der Waals surface area contributed by atoms with E-state index in [1.165, 1.54) is 0 Å². The largest absolute Gasteiger partial charge is 0.493 e. The normalized spacial score (nSPS) is 10.7. The van der Waals surface area contributed by atoms with Crippen LogP contribution in [0.1, 0.15) is 17.0 Å². The van der Waals surface area contributed by atoms with Crippen LogP contribution in [0.3, 0.4) is 0 Å². The number of aromatic nitrogens is 3. The maximum atomic E-state index is 5.55. The number of nitrogens with two attached hydrogens (primary N) is 1. The standard InChI is InChI=1S/C15H18N4O3/c1-9-11(17-15(16)19-18-9)6-5-10-7-12(20-2)14(22-4)13(8-10)21-3/h5-8H,1-4H3,(H2,16,17,19)/b6-5+. The van der Waals surface area contributed by atoms with Crippen molar-refractivity contribution in [3.63, 3.8) is 0 Å². The zero-order chi connectivity index (χ0) is 16.1. The van der Waals surface area contributed by atoms with Crippen LogP contribution in [-0.2, 0) is 0 Å². The Morgan fingerprint density at radius 1 is 0.955 bits per heavy atom. The van der Waals surface area contributed by atoms with Gasteiger partial charge in [-0.15, -0.1) is 10.2 Å². The van der Waals surface area contributed by atoms with Gasteiger partial charge in [-0.25, -0.2) is 4.98 Å². The Hall–Kier alpha value is -2.83. The molecule has 2 aromatic rings. The van der Waals surface area contributed by atoms with Gasteiger partial charge in [-0.2, -0.15) is 0 Å². The zero-order valence-corrected chi connectivity index (χ0v) is 13.0. The summed E-state index contributed by atoms with van der Waals surface area (Å²) >= 11 is 0. The molecule has 0 aliphatic heterocycles. The summed E-state index contributed by atoms with van der Waals surface area (Å²) in [6, 6.07) is 3.68. The maximum Gasteiger partial charge on any atom is 0.240 e. The molecular formula is C15H18N4O3. The smallest absolute Gasteiger partial charge is 0.240 e. The van der Waals surface area contributed by atoms with Crippen molar-refractivity contribution in [3.05, 3.63) is 29.1 Å². The molecular weight excluding hydrogens is 284 g/mol. The number of hydrogen-bond acceptors (Lipinski definition) is 7. The van der Waals surface area contributed by atoms with Gasteiger partial charge in [-0.1, -0.05) is 6.08 Å². The Kier molecular flexibility index (Phi) is 4.77. The Morgan fingerprint density at radius 2 is 1.59 bits per heavy atom. The summed E-state index contributed by atoms with van der Waals surface area (Å²) in [6.45, 7) is 1.81. The first kappa shape index (κ1) is 15.6. The molecule has 0 saturated heterocycles. The molecule has 0 radical (unpaired) electrons. The van der Waals surface area contributed by atoms with Gasteiger partial charge >= 0.3 is 0 Å². The van der Waals surface area contributed by atoms with E-state index in [0.29, 0.717) is 28.6 Å². The van der Waals surface area contributed by atoms with Gasteiger partial charge in [0.2, 0.25) is 11.7 Å². The molecule has 1 aromatic heterocycles. The van der Waals surface area contributed by atoms with Crippen molar-refractivity contribution in [1.82, 2.24) is 15.2 Å². The van der Waals surface area contributed by atoms with Gasteiger partial charge in [0.25, 0.3) is 0 Å². The number of aryl methyl sites for hydroxylation is 1. The monoisotopic (exact) mass is 302 g/mol. The first-order valence-electron chi connectivity index (χ1n) is 6.54. The fourth-order valence-corrected chi connectivity index (χ4v) is 1.93. The highest BCUT2D eigenvalue weighted by Crippen LogP contribution is 2.38. The lowest BCUT2D eigenvalue weighted by Gasteiger charge is -2.12. The zero-order valence-electron chi connectivity index (χ0n) is 13.0. The molecule has 7 nitrogen and oxygen atoms in total. The number of anilines is 1. The minimum absolute atomic E-state index is 0.134. The van der Waals surface area contributed by atoms with Crippen LogP contribution in [0.5, 0.6) is 17.2 Å². The first-order chi connectivity index (χ1) is 10.6. The van der Waals surface area contributed by atoms with E-state index >= 15 is 0 Å². The third kappa shape index (κ3) is 3.25. The Morgan fingerprint density at radius 3 is 2.14 bits per heavy atom. The maximum absolute atomic E-state index is 5.55.